The van der Waals surface area contributed by atoms with Crippen LogP contribution in [0.5, 0.6) is 5.75 Å². The zero-order valence-corrected chi connectivity index (χ0v) is 9.85. The van der Waals surface area contributed by atoms with Crippen LogP contribution >= 0.6 is 15.9 Å². The highest BCUT2D eigenvalue weighted by Crippen LogP contribution is 2.34. The number of hydrogen-bond acceptors (Lipinski definition) is 2. The number of hydrogen-bond donors (Lipinski definition) is 2. The number of rotatable bonds is 3. The van der Waals surface area contributed by atoms with Crippen LogP contribution in [0.25, 0.3) is 0 Å². The lowest BCUT2D eigenvalue weighted by Crippen LogP contribution is -2.15. The third-order valence-electron chi connectivity index (χ3n) is 2.16. The Labute approximate surface area is 99.4 Å². The fourth-order valence-electron chi connectivity index (χ4n) is 1.31. The van der Waals surface area contributed by atoms with Crippen molar-refractivity contribution in [1.82, 2.24) is 0 Å². The number of nitrogens with two attached hydrogens (primary N) is 1. The van der Waals surface area contributed by atoms with Gasteiger partial charge in [-0.2, -0.15) is 13.2 Å². The predicted molar refractivity (Wildman–Crippen MR) is 58.0 cm³/mol. The van der Waals surface area contributed by atoms with Gasteiger partial charge in [-0.25, -0.2) is 0 Å². The van der Waals surface area contributed by atoms with Crippen molar-refractivity contribution >= 4 is 15.9 Å². The van der Waals surface area contributed by atoms with E-state index in [-0.39, 0.29) is 12.2 Å². The van der Waals surface area contributed by atoms with Gasteiger partial charge in [-0.05, 0) is 28.4 Å². The maximum atomic E-state index is 12.0. The molecule has 0 aromatic heterocycles. The quantitative estimate of drug-likeness (QED) is 0.897. The van der Waals surface area contributed by atoms with Crippen molar-refractivity contribution in [3.05, 3.63) is 28.2 Å². The summed E-state index contributed by atoms with van der Waals surface area (Å²) in [7, 11) is 0. The third kappa shape index (κ3) is 3.68. The van der Waals surface area contributed by atoms with E-state index in [0.29, 0.717) is 10.0 Å². The van der Waals surface area contributed by atoms with Gasteiger partial charge in [-0.15, -0.1) is 0 Å². The highest BCUT2D eigenvalue weighted by molar-refractivity contribution is 9.10. The molecule has 0 saturated heterocycles. The molecule has 0 unspecified atom stereocenters. The van der Waals surface area contributed by atoms with Crippen LogP contribution in [0.1, 0.15) is 24.4 Å². The molecule has 6 heteroatoms. The SMILES string of the molecule is N[C@@H](CCC(F)(F)F)c1cccc(Br)c1O. The van der Waals surface area contributed by atoms with Gasteiger partial charge >= 0.3 is 6.18 Å². The normalized spacial score (nSPS) is 13.8. The molecule has 0 heterocycles. The molecule has 0 saturated carbocycles. The average molecular weight is 298 g/mol. The van der Waals surface area contributed by atoms with Gasteiger partial charge in [0.25, 0.3) is 0 Å². The molecule has 0 aliphatic heterocycles. The van der Waals surface area contributed by atoms with Gasteiger partial charge in [-0.3, -0.25) is 0 Å². The maximum Gasteiger partial charge on any atom is 0.389 e. The molecule has 0 aliphatic rings. The van der Waals surface area contributed by atoms with E-state index in [1.807, 2.05) is 0 Å². The van der Waals surface area contributed by atoms with Gasteiger partial charge in [-0.1, -0.05) is 12.1 Å². The van der Waals surface area contributed by atoms with Gasteiger partial charge in [0.1, 0.15) is 5.75 Å². The highest BCUT2D eigenvalue weighted by atomic mass is 79.9. The largest absolute Gasteiger partial charge is 0.506 e. The summed E-state index contributed by atoms with van der Waals surface area (Å²) in [6.45, 7) is 0. The van der Waals surface area contributed by atoms with Crippen molar-refractivity contribution in [1.29, 1.82) is 0 Å². The number of aromatic hydroxyl groups is 1. The Kier molecular flexibility index (Phi) is 4.21. The molecule has 16 heavy (non-hydrogen) atoms. The van der Waals surface area contributed by atoms with E-state index in [1.165, 1.54) is 6.07 Å². The summed E-state index contributed by atoms with van der Waals surface area (Å²) >= 11 is 3.08. The predicted octanol–water partition coefficient (Wildman–Crippen LogP) is 3.50. The number of alkyl halides is 3. The molecule has 1 aromatic carbocycles. The van der Waals surface area contributed by atoms with Crippen molar-refractivity contribution in [2.24, 2.45) is 5.73 Å². The summed E-state index contributed by atoms with van der Waals surface area (Å²) in [5.74, 6) is -0.0998. The molecule has 3 N–H and O–H groups in total. The Hall–Kier alpha value is -0.750. The number of benzene rings is 1. The molecular formula is C10H11BrF3NO. The summed E-state index contributed by atoms with van der Waals surface area (Å²) in [5.41, 5.74) is 5.91. The Morgan fingerprint density at radius 2 is 2.00 bits per heavy atom. The molecule has 0 spiro atoms. The number of phenolic OH excluding ortho intramolecular Hbond substituents is 1. The number of halogens is 4. The standard InChI is InChI=1S/C10H11BrF3NO/c11-7-3-1-2-6(9(7)16)8(15)4-5-10(12,13)14/h1-3,8,16H,4-5,15H2/t8-/m0/s1. The topological polar surface area (TPSA) is 46.2 Å². The summed E-state index contributed by atoms with van der Waals surface area (Å²) in [6, 6.07) is 3.90. The summed E-state index contributed by atoms with van der Waals surface area (Å²) in [5, 5.41) is 9.59. The second-order valence-corrected chi connectivity index (χ2v) is 4.29. The van der Waals surface area contributed by atoms with Gasteiger partial charge < -0.3 is 10.8 Å². The van der Waals surface area contributed by atoms with Gasteiger partial charge in [0, 0.05) is 18.0 Å². The first-order chi connectivity index (χ1) is 7.31. The van der Waals surface area contributed by atoms with Crippen LogP contribution in [-0.2, 0) is 0 Å². The van der Waals surface area contributed by atoms with Crippen LogP contribution < -0.4 is 5.73 Å². The van der Waals surface area contributed by atoms with Crippen LogP contribution in [0.15, 0.2) is 22.7 Å². The van der Waals surface area contributed by atoms with Crippen molar-refractivity contribution in [2.75, 3.05) is 0 Å². The Balaban J connectivity index is 2.73. The monoisotopic (exact) mass is 297 g/mol. The molecule has 0 amide bonds. The van der Waals surface area contributed by atoms with E-state index in [1.54, 1.807) is 12.1 Å². The van der Waals surface area contributed by atoms with Crippen molar-refractivity contribution in [3.8, 4) is 5.75 Å². The summed E-state index contributed by atoms with van der Waals surface area (Å²) in [6.07, 6.45) is -5.42. The number of para-hydroxylation sites is 1. The molecule has 0 bridgehead atoms. The first-order valence-corrected chi connectivity index (χ1v) is 5.40. The van der Waals surface area contributed by atoms with E-state index in [2.05, 4.69) is 15.9 Å². The fourth-order valence-corrected chi connectivity index (χ4v) is 1.69. The first-order valence-electron chi connectivity index (χ1n) is 4.61. The van der Waals surface area contributed by atoms with E-state index < -0.39 is 18.6 Å². The lowest BCUT2D eigenvalue weighted by molar-refractivity contribution is -0.136. The summed E-state index contributed by atoms with van der Waals surface area (Å²) < 4.78 is 36.4. The van der Waals surface area contributed by atoms with Crippen molar-refractivity contribution in [3.63, 3.8) is 0 Å². The van der Waals surface area contributed by atoms with Crippen LogP contribution in [0, 0.1) is 0 Å². The Morgan fingerprint density at radius 1 is 1.38 bits per heavy atom. The van der Waals surface area contributed by atoms with E-state index >= 15 is 0 Å². The molecule has 2 nitrogen and oxygen atoms in total. The van der Waals surface area contributed by atoms with E-state index in [4.69, 9.17) is 5.73 Å². The minimum Gasteiger partial charge on any atom is -0.506 e. The highest BCUT2D eigenvalue weighted by Gasteiger charge is 2.28. The smallest absolute Gasteiger partial charge is 0.389 e. The van der Waals surface area contributed by atoms with Gasteiger partial charge in [0.05, 0.1) is 4.47 Å². The Morgan fingerprint density at radius 3 is 2.56 bits per heavy atom. The zero-order valence-electron chi connectivity index (χ0n) is 8.26. The van der Waals surface area contributed by atoms with Crippen LogP contribution in [0.3, 0.4) is 0 Å². The van der Waals surface area contributed by atoms with Crippen LogP contribution in [0.4, 0.5) is 13.2 Å². The molecule has 0 radical (unpaired) electrons. The zero-order chi connectivity index (χ0) is 12.3. The van der Waals surface area contributed by atoms with Crippen LogP contribution in [-0.4, -0.2) is 11.3 Å². The lowest BCUT2D eigenvalue weighted by atomic mass is 10.0. The fraction of sp³-hybridized carbons (Fsp3) is 0.400. The summed E-state index contributed by atoms with van der Waals surface area (Å²) in [4.78, 5) is 0. The van der Waals surface area contributed by atoms with Crippen LogP contribution in [0.2, 0.25) is 0 Å². The van der Waals surface area contributed by atoms with Crippen molar-refractivity contribution < 1.29 is 18.3 Å². The lowest BCUT2D eigenvalue weighted by Gasteiger charge is -2.15. The third-order valence-corrected chi connectivity index (χ3v) is 2.80. The molecule has 0 aliphatic carbocycles. The van der Waals surface area contributed by atoms with Gasteiger partial charge in [0.2, 0.25) is 0 Å². The maximum absolute atomic E-state index is 12.0. The minimum absolute atomic E-state index is 0.0998. The molecular weight excluding hydrogens is 287 g/mol. The van der Waals surface area contributed by atoms with Gasteiger partial charge in [0.15, 0.2) is 0 Å². The number of phenols is 1. The molecule has 0 fully saturated rings. The average Bonchev–Trinajstić information content (AvgIpc) is 2.17. The van der Waals surface area contributed by atoms with E-state index in [9.17, 15) is 18.3 Å². The molecule has 90 valence electrons. The molecule has 1 atom stereocenters. The second-order valence-electron chi connectivity index (χ2n) is 3.44. The molecule has 1 aromatic rings. The second kappa shape index (κ2) is 5.05. The molecule has 1 rings (SSSR count). The Bertz CT molecular complexity index is 368. The first kappa shape index (κ1) is 13.3. The van der Waals surface area contributed by atoms with Crippen molar-refractivity contribution in [2.45, 2.75) is 25.1 Å². The van der Waals surface area contributed by atoms with E-state index in [0.717, 1.165) is 0 Å². The minimum atomic E-state index is -4.22.